The Morgan fingerprint density at radius 2 is 1.70 bits per heavy atom. The number of anilines is 1. The predicted molar refractivity (Wildman–Crippen MR) is 103 cm³/mol. The lowest BCUT2D eigenvalue weighted by Gasteiger charge is -2.36. The zero-order valence-electron chi connectivity index (χ0n) is 16.3. The van der Waals surface area contributed by atoms with Gasteiger partial charge in [-0.15, -0.1) is 0 Å². The molecule has 1 saturated heterocycles. The molecule has 0 radical (unpaired) electrons. The highest BCUT2D eigenvalue weighted by Crippen LogP contribution is 2.20. The first-order valence-corrected chi connectivity index (χ1v) is 9.17. The summed E-state index contributed by atoms with van der Waals surface area (Å²) >= 11 is 0. The van der Waals surface area contributed by atoms with Gasteiger partial charge in [0.25, 0.3) is 5.91 Å². The third-order valence-electron chi connectivity index (χ3n) is 4.93. The molecular weight excluding hydrogens is 344 g/mol. The second-order valence-electron chi connectivity index (χ2n) is 7.05. The number of carbonyl (C=O) groups excluding carboxylic acids is 2. The van der Waals surface area contributed by atoms with Crippen molar-refractivity contribution in [3.05, 3.63) is 47.3 Å². The lowest BCUT2D eigenvalue weighted by Crippen LogP contribution is -2.49. The molecule has 2 aromatic rings. The lowest BCUT2D eigenvalue weighted by atomic mass is 10.1. The number of aromatic nitrogens is 2. The van der Waals surface area contributed by atoms with Crippen LogP contribution in [0, 0.1) is 0 Å². The van der Waals surface area contributed by atoms with E-state index in [-0.39, 0.29) is 11.9 Å². The van der Waals surface area contributed by atoms with Crippen molar-refractivity contribution in [2.45, 2.75) is 19.8 Å². The van der Waals surface area contributed by atoms with Crippen LogP contribution in [-0.2, 0) is 11.8 Å². The monoisotopic (exact) mass is 370 g/mol. The normalized spacial score (nSPS) is 14.6. The number of carbonyl (C=O) groups is 2. The van der Waals surface area contributed by atoms with Gasteiger partial charge in [-0.05, 0) is 36.2 Å². The van der Waals surface area contributed by atoms with E-state index in [0.717, 1.165) is 24.5 Å². The molecule has 7 heteroatoms. The first-order chi connectivity index (χ1) is 12.9. The van der Waals surface area contributed by atoms with Crippen molar-refractivity contribution in [2.24, 2.45) is 7.05 Å². The fraction of sp³-hybridized carbons (Fsp3) is 0.450. The second kappa shape index (κ2) is 7.82. The number of piperazine rings is 1. The number of amides is 1. The summed E-state index contributed by atoms with van der Waals surface area (Å²) in [7, 11) is 3.19. The molecule has 0 bridgehead atoms. The third kappa shape index (κ3) is 3.97. The summed E-state index contributed by atoms with van der Waals surface area (Å²) < 4.78 is 6.40. The molecule has 1 fully saturated rings. The minimum absolute atomic E-state index is 0.0255. The van der Waals surface area contributed by atoms with Gasteiger partial charge in [0.15, 0.2) is 0 Å². The third-order valence-corrected chi connectivity index (χ3v) is 4.93. The molecule has 1 aliphatic heterocycles. The number of nitrogens with zero attached hydrogens (tertiary/aromatic N) is 4. The van der Waals surface area contributed by atoms with E-state index in [0.29, 0.717) is 30.3 Å². The predicted octanol–water partition coefficient (Wildman–Crippen LogP) is 2.29. The molecule has 27 heavy (non-hydrogen) atoms. The number of benzene rings is 1. The van der Waals surface area contributed by atoms with Crippen LogP contribution in [0.1, 0.15) is 46.3 Å². The van der Waals surface area contributed by atoms with Crippen molar-refractivity contribution < 1.29 is 14.3 Å². The highest BCUT2D eigenvalue weighted by molar-refractivity contribution is 5.93. The largest absolute Gasteiger partial charge is 0.465 e. The Morgan fingerprint density at radius 3 is 2.22 bits per heavy atom. The van der Waals surface area contributed by atoms with E-state index >= 15 is 0 Å². The molecule has 1 amide bonds. The molecule has 2 heterocycles. The van der Waals surface area contributed by atoms with Gasteiger partial charge in [0, 0.05) is 38.9 Å². The zero-order chi connectivity index (χ0) is 19.6. The number of hydrogen-bond acceptors (Lipinski definition) is 5. The molecule has 144 valence electrons. The van der Waals surface area contributed by atoms with E-state index in [1.807, 2.05) is 30.1 Å². The molecule has 0 saturated carbocycles. The van der Waals surface area contributed by atoms with Crippen molar-refractivity contribution in [2.75, 3.05) is 38.2 Å². The van der Waals surface area contributed by atoms with Crippen LogP contribution in [0.3, 0.4) is 0 Å². The fourth-order valence-corrected chi connectivity index (χ4v) is 3.23. The van der Waals surface area contributed by atoms with E-state index in [1.165, 1.54) is 7.11 Å². The first kappa shape index (κ1) is 18.9. The van der Waals surface area contributed by atoms with Crippen molar-refractivity contribution in [1.29, 1.82) is 0 Å². The van der Waals surface area contributed by atoms with Gasteiger partial charge < -0.3 is 14.5 Å². The Morgan fingerprint density at radius 1 is 1.07 bits per heavy atom. The summed E-state index contributed by atoms with van der Waals surface area (Å²) in [6, 6.07) is 9.26. The molecule has 1 aromatic heterocycles. The van der Waals surface area contributed by atoms with Crippen LogP contribution in [0.5, 0.6) is 0 Å². The minimum atomic E-state index is -0.339. The lowest BCUT2D eigenvalue weighted by molar-refractivity contribution is 0.0600. The van der Waals surface area contributed by atoms with Crippen LogP contribution < -0.4 is 4.90 Å². The maximum absolute atomic E-state index is 12.8. The van der Waals surface area contributed by atoms with Crippen LogP contribution in [-0.4, -0.2) is 59.8 Å². The molecular formula is C20H26N4O3. The van der Waals surface area contributed by atoms with E-state index in [4.69, 9.17) is 4.74 Å². The Hall–Kier alpha value is -2.83. The molecule has 0 spiro atoms. The van der Waals surface area contributed by atoms with Crippen molar-refractivity contribution in [3.8, 4) is 0 Å². The molecule has 0 aliphatic carbocycles. The SMILES string of the molecule is COC(=O)c1ccc(N2CCN(C(=O)c3cc(C(C)C)nn3C)CC2)cc1. The summed E-state index contributed by atoms with van der Waals surface area (Å²) in [6.07, 6.45) is 0. The van der Waals surface area contributed by atoms with Crippen LogP contribution in [0.25, 0.3) is 0 Å². The number of ether oxygens (including phenoxy) is 1. The van der Waals surface area contributed by atoms with Gasteiger partial charge in [0.1, 0.15) is 5.69 Å². The smallest absolute Gasteiger partial charge is 0.337 e. The second-order valence-corrected chi connectivity index (χ2v) is 7.05. The molecule has 3 rings (SSSR count). The number of rotatable bonds is 4. The Kier molecular flexibility index (Phi) is 5.48. The van der Waals surface area contributed by atoms with E-state index < -0.39 is 0 Å². The summed E-state index contributed by atoms with van der Waals surface area (Å²) in [4.78, 5) is 28.5. The van der Waals surface area contributed by atoms with Gasteiger partial charge >= 0.3 is 5.97 Å². The van der Waals surface area contributed by atoms with Crippen LogP contribution in [0.2, 0.25) is 0 Å². The molecule has 0 N–H and O–H groups in total. The van der Waals surface area contributed by atoms with Crippen molar-refractivity contribution in [1.82, 2.24) is 14.7 Å². The maximum Gasteiger partial charge on any atom is 0.337 e. The van der Waals surface area contributed by atoms with Gasteiger partial charge in [-0.2, -0.15) is 5.10 Å². The topological polar surface area (TPSA) is 67.7 Å². The van der Waals surface area contributed by atoms with Crippen LogP contribution in [0.4, 0.5) is 5.69 Å². The first-order valence-electron chi connectivity index (χ1n) is 9.17. The number of hydrogen-bond donors (Lipinski definition) is 0. The Balaban J connectivity index is 1.63. The quantitative estimate of drug-likeness (QED) is 0.773. The van der Waals surface area contributed by atoms with Crippen LogP contribution in [0.15, 0.2) is 30.3 Å². The highest BCUT2D eigenvalue weighted by atomic mass is 16.5. The van der Waals surface area contributed by atoms with Gasteiger partial charge in [0.2, 0.25) is 0 Å². The Labute approximate surface area is 159 Å². The van der Waals surface area contributed by atoms with Crippen molar-refractivity contribution in [3.63, 3.8) is 0 Å². The van der Waals surface area contributed by atoms with Gasteiger partial charge in [-0.1, -0.05) is 13.8 Å². The van der Waals surface area contributed by atoms with E-state index in [2.05, 4.69) is 23.8 Å². The molecule has 1 aromatic carbocycles. The average Bonchev–Trinajstić information content (AvgIpc) is 3.09. The molecule has 1 aliphatic rings. The van der Waals surface area contributed by atoms with E-state index in [1.54, 1.807) is 16.8 Å². The van der Waals surface area contributed by atoms with E-state index in [9.17, 15) is 9.59 Å². The number of methoxy groups -OCH3 is 1. The number of esters is 1. The highest BCUT2D eigenvalue weighted by Gasteiger charge is 2.25. The molecule has 7 nitrogen and oxygen atoms in total. The van der Waals surface area contributed by atoms with Crippen LogP contribution >= 0.6 is 0 Å². The Bertz CT molecular complexity index is 818. The molecule has 0 unspecified atom stereocenters. The average molecular weight is 370 g/mol. The summed E-state index contributed by atoms with van der Waals surface area (Å²) in [5, 5.41) is 4.44. The van der Waals surface area contributed by atoms with Crippen molar-refractivity contribution >= 4 is 17.6 Å². The fourth-order valence-electron chi connectivity index (χ4n) is 3.23. The number of aryl methyl sites for hydroxylation is 1. The maximum atomic E-state index is 12.8. The van der Waals surface area contributed by atoms with Gasteiger partial charge in [-0.3, -0.25) is 9.48 Å². The zero-order valence-corrected chi connectivity index (χ0v) is 16.3. The minimum Gasteiger partial charge on any atom is -0.465 e. The summed E-state index contributed by atoms with van der Waals surface area (Å²) in [5.74, 6) is -0.0194. The summed E-state index contributed by atoms with van der Waals surface area (Å²) in [6.45, 7) is 6.94. The van der Waals surface area contributed by atoms with Gasteiger partial charge in [-0.25, -0.2) is 4.79 Å². The van der Waals surface area contributed by atoms with Gasteiger partial charge in [0.05, 0.1) is 18.4 Å². The summed E-state index contributed by atoms with van der Waals surface area (Å²) in [5.41, 5.74) is 3.14. The molecule has 0 atom stereocenters. The standard InChI is InChI=1S/C20H26N4O3/c1-14(2)17-13-18(22(3)21-17)19(25)24-11-9-23(10-12-24)16-7-5-15(6-8-16)20(26)27-4/h5-8,13-14H,9-12H2,1-4H3.